The second-order valence-corrected chi connectivity index (χ2v) is 4.99. The van der Waals surface area contributed by atoms with E-state index in [2.05, 4.69) is 5.32 Å². The lowest BCUT2D eigenvalue weighted by Crippen LogP contribution is -2.41. The summed E-state index contributed by atoms with van der Waals surface area (Å²) in [6.45, 7) is 1.17. The van der Waals surface area contributed by atoms with Gasteiger partial charge in [0.15, 0.2) is 17.8 Å². The number of hydrogen-bond donors (Lipinski definition) is 2. The Morgan fingerprint density at radius 3 is 3.05 bits per heavy atom. The molecule has 0 unspecified atom stereocenters. The summed E-state index contributed by atoms with van der Waals surface area (Å²) < 4.78 is 32.7. The molecular formula is C14H17F2N3O. The van der Waals surface area contributed by atoms with Crippen molar-refractivity contribution in [2.24, 2.45) is 5.73 Å². The molecule has 0 amide bonds. The second kappa shape index (κ2) is 5.28. The molecule has 0 aromatic heterocycles. The van der Waals surface area contributed by atoms with E-state index < -0.39 is 11.6 Å². The van der Waals surface area contributed by atoms with Crippen LogP contribution in [0.4, 0.5) is 8.78 Å². The van der Waals surface area contributed by atoms with E-state index in [1.807, 2.05) is 11.1 Å². The van der Waals surface area contributed by atoms with E-state index in [0.717, 1.165) is 18.2 Å². The van der Waals surface area contributed by atoms with Crippen molar-refractivity contribution in [3.63, 3.8) is 0 Å². The van der Waals surface area contributed by atoms with E-state index in [1.165, 1.54) is 6.07 Å². The van der Waals surface area contributed by atoms with Gasteiger partial charge in [0, 0.05) is 36.4 Å². The highest BCUT2D eigenvalue weighted by Crippen LogP contribution is 2.33. The molecule has 2 heterocycles. The smallest absolute Gasteiger partial charge is 0.174 e. The SMILES string of the molecule is NCCC1=CNCN1[C@H]1CCc2cc(F)cc(F)c2O1. The summed E-state index contributed by atoms with van der Waals surface area (Å²) in [4.78, 5) is 2.04. The zero-order chi connectivity index (χ0) is 14.1. The number of nitrogens with two attached hydrogens (primary N) is 1. The van der Waals surface area contributed by atoms with Gasteiger partial charge in [-0.1, -0.05) is 0 Å². The number of fused-ring (bicyclic) bond motifs is 1. The molecule has 20 heavy (non-hydrogen) atoms. The van der Waals surface area contributed by atoms with E-state index >= 15 is 0 Å². The maximum atomic E-state index is 13.8. The predicted octanol–water partition coefficient (Wildman–Crippen LogP) is 1.67. The van der Waals surface area contributed by atoms with Crippen molar-refractivity contribution in [1.29, 1.82) is 0 Å². The molecule has 6 heteroatoms. The van der Waals surface area contributed by atoms with Crippen molar-refractivity contribution >= 4 is 0 Å². The Kier molecular flexibility index (Phi) is 3.48. The molecule has 0 saturated carbocycles. The van der Waals surface area contributed by atoms with Gasteiger partial charge in [-0.05, 0) is 19.0 Å². The molecule has 2 aliphatic heterocycles. The Balaban J connectivity index is 1.80. The van der Waals surface area contributed by atoms with Crippen molar-refractivity contribution in [2.75, 3.05) is 13.2 Å². The molecule has 3 rings (SSSR count). The normalized spacial score (nSPS) is 21.1. The Bertz CT molecular complexity index is 547. The Hall–Kier alpha value is -1.82. The fraction of sp³-hybridized carbons (Fsp3) is 0.429. The van der Waals surface area contributed by atoms with E-state index in [9.17, 15) is 8.78 Å². The number of nitrogens with zero attached hydrogens (tertiary/aromatic N) is 1. The van der Waals surface area contributed by atoms with Crippen LogP contribution in [-0.2, 0) is 6.42 Å². The van der Waals surface area contributed by atoms with Crippen LogP contribution in [0.1, 0.15) is 18.4 Å². The molecule has 0 aliphatic carbocycles. The van der Waals surface area contributed by atoms with Crippen LogP contribution in [-0.4, -0.2) is 24.3 Å². The number of benzene rings is 1. The first kappa shape index (κ1) is 13.2. The number of ether oxygens (including phenoxy) is 1. The summed E-state index contributed by atoms with van der Waals surface area (Å²) in [7, 11) is 0. The second-order valence-electron chi connectivity index (χ2n) is 4.99. The highest BCUT2D eigenvalue weighted by atomic mass is 19.1. The predicted molar refractivity (Wildman–Crippen MR) is 70.7 cm³/mol. The third kappa shape index (κ3) is 2.31. The highest BCUT2D eigenvalue weighted by Gasteiger charge is 2.30. The molecule has 1 aromatic rings. The first-order chi connectivity index (χ1) is 9.69. The van der Waals surface area contributed by atoms with Gasteiger partial charge in [0.05, 0.1) is 6.67 Å². The molecule has 1 aromatic carbocycles. The van der Waals surface area contributed by atoms with Gasteiger partial charge in [-0.25, -0.2) is 8.78 Å². The molecule has 0 saturated heterocycles. The maximum absolute atomic E-state index is 13.8. The van der Waals surface area contributed by atoms with E-state index in [0.29, 0.717) is 31.6 Å². The van der Waals surface area contributed by atoms with Gasteiger partial charge >= 0.3 is 0 Å². The van der Waals surface area contributed by atoms with Crippen LogP contribution in [0.3, 0.4) is 0 Å². The Morgan fingerprint density at radius 1 is 1.40 bits per heavy atom. The quantitative estimate of drug-likeness (QED) is 0.885. The molecule has 0 spiro atoms. The van der Waals surface area contributed by atoms with Crippen molar-refractivity contribution in [1.82, 2.24) is 10.2 Å². The first-order valence-electron chi connectivity index (χ1n) is 6.73. The minimum atomic E-state index is -0.638. The number of rotatable bonds is 3. The average molecular weight is 281 g/mol. The minimum Gasteiger partial charge on any atom is -0.467 e. The summed E-state index contributed by atoms with van der Waals surface area (Å²) in [6.07, 6.45) is 3.70. The molecule has 2 aliphatic rings. The molecule has 4 nitrogen and oxygen atoms in total. The monoisotopic (exact) mass is 281 g/mol. The van der Waals surface area contributed by atoms with Crippen molar-refractivity contribution in [3.8, 4) is 5.75 Å². The fourth-order valence-corrected chi connectivity index (χ4v) is 2.72. The summed E-state index contributed by atoms with van der Waals surface area (Å²) >= 11 is 0. The highest BCUT2D eigenvalue weighted by molar-refractivity contribution is 5.37. The zero-order valence-corrected chi connectivity index (χ0v) is 11.0. The van der Waals surface area contributed by atoms with Gasteiger partial charge in [-0.2, -0.15) is 0 Å². The van der Waals surface area contributed by atoms with E-state index in [1.54, 1.807) is 0 Å². The summed E-state index contributed by atoms with van der Waals surface area (Å²) in [5.74, 6) is -1.03. The molecule has 0 bridgehead atoms. The lowest BCUT2D eigenvalue weighted by atomic mass is 10.0. The number of nitrogens with one attached hydrogen (secondary N) is 1. The van der Waals surface area contributed by atoms with Gasteiger partial charge in [0.25, 0.3) is 0 Å². The van der Waals surface area contributed by atoms with Crippen LogP contribution in [0.15, 0.2) is 24.0 Å². The minimum absolute atomic E-state index is 0.168. The van der Waals surface area contributed by atoms with Crippen LogP contribution in [0.2, 0.25) is 0 Å². The van der Waals surface area contributed by atoms with E-state index in [4.69, 9.17) is 10.5 Å². The topological polar surface area (TPSA) is 50.5 Å². The van der Waals surface area contributed by atoms with Crippen LogP contribution >= 0.6 is 0 Å². The van der Waals surface area contributed by atoms with Gasteiger partial charge in [0.1, 0.15) is 5.82 Å². The van der Waals surface area contributed by atoms with Crippen molar-refractivity contribution in [3.05, 3.63) is 41.2 Å². The van der Waals surface area contributed by atoms with Crippen LogP contribution in [0.5, 0.6) is 5.75 Å². The maximum Gasteiger partial charge on any atom is 0.174 e. The summed E-state index contributed by atoms with van der Waals surface area (Å²) in [6, 6.07) is 2.20. The van der Waals surface area contributed by atoms with Crippen LogP contribution in [0, 0.1) is 11.6 Å². The zero-order valence-electron chi connectivity index (χ0n) is 11.0. The molecule has 3 N–H and O–H groups in total. The average Bonchev–Trinajstić information content (AvgIpc) is 2.87. The van der Waals surface area contributed by atoms with Gasteiger partial charge in [-0.3, -0.25) is 0 Å². The standard InChI is InChI=1S/C14H17F2N3O/c15-10-5-9-1-2-13(20-14(9)12(16)6-10)19-8-18-7-11(19)3-4-17/h5-7,13,18H,1-4,8,17H2/t13-/m1/s1. The largest absolute Gasteiger partial charge is 0.467 e. The molecule has 1 atom stereocenters. The first-order valence-corrected chi connectivity index (χ1v) is 6.73. The van der Waals surface area contributed by atoms with Gasteiger partial charge in [0.2, 0.25) is 0 Å². The van der Waals surface area contributed by atoms with Crippen molar-refractivity contribution in [2.45, 2.75) is 25.5 Å². The molecular weight excluding hydrogens is 264 g/mol. The third-order valence-electron chi connectivity index (χ3n) is 3.65. The lowest BCUT2D eigenvalue weighted by Gasteiger charge is -2.35. The Labute approximate surface area is 116 Å². The molecule has 0 radical (unpaired) electrons. The van der Waals surface area contributed by atoms with E-state index in [-0.39, 0.29) is 12.0 Å². The number of halogens is 2. The van der Waals surface area contributed by atoms with Crippen molar-refractivity contribution < 1.29 is 13.5 Å². The Morgan fingerprint density at radius 2 is 2.25 bits per heavy atom. The molecule has 0 fully saturated rings. The van der Waals surface area contributed by atoms with Crippen LogP contribution < -0.4 is 15.8 Å². The third-order valence-corrected chi connectivity index (χ3v) is 3.65. The number of hydrogen-bond acceptors (Lipinski definition) is 4. The molecule has 108 valence electrons. The van der Waals surface area contributed by atoms with Gasteiger partial charge < -0.3 is 20.7 Å². The van der Waals surface area contributed by atoms with Gasteiger partial charge in [-0.15, -0.1) is 0 Å². The fourth-order valence-electron chi connectivity index (χ4n) is 2.72. The summed E-state index contributed by atoms with van der Waals surface area (Å²) in [5.41, 5.74) is 7.23. The van der Waals surface area contributed by atoms with Crippen LogP contribution in [0.25, 0.3) is 0 Å². The summed E-state index contributed by atoms with van der Waals surface area (Å²) in [5, 5.41) is 3.13. The lowest BCUT2D eigenvalue weighted by molar-refractivity contribution is 0.0324. The number of aryl methyl sites for hydroxylation is 1.